The SMILES string of the molecule is CC(=Cc1ccc(-c2ccc(Cl)cc2)o1)CCl. The van der Waals surface area contributed by atoms with Gasteiger partial charge in [0.1, 0.15) is 11.5 Å². The second-order valence-electron chi connectivity index (χ2n) is 3.83. The Kier molecular flexibility index (Phi) is 3.93. The van der Waals surface area contributed by atoms with Gasteiger partial charge in [-0.15, -0.1) is 11.6 Å². The molecule has 17 heavy (non-hydrogen) atoms. The van der Waals surface area contributed by atoms with Gasteiger partial charge in [0, 0.05) is 16.5 Å². The molecule has 0 radical (unpaired) electrons. The van der Waals surface area contributed by atoms with Crippen molar-refractivity contribution in [1.29, 1.82) is 0 Å². The second-order valence-corrected chi connectivity index (χ2v) is 4.54. The molecule has 0 saturated heterocycles. The van der Waals surface area contributed by atoms with Gasteiger partial charge in [0.2, 0.25) is 0 Å². The topological polar surface area (TPSA) is 13.1 Å². The molecule has 3 heteroatoms. The van der Waals surface area contributed by atoms with Crippen molar-refractivity contribution in [1.82, 2.24) is 0 Å². The van der Waals surface area contributed by atoms with Gasteiger partial charge in [-0.2, -0.15) is 0 Å². The van der Waals surface area contributed by atoms with Gasteiger partial charge in [-0.1, -0.05) is 17.2 Å². The maximum absolute atomic E-state index is 5.84. The van der Waals surface area contributed by atoms with E-state index in [-0.39, 0.29) is 0 Å². The molecule has 0 fully saturated rings. The molecule has 0 unspecified atom stereocenters. The molecule has 1 nitrogen and oxygen atoms in total. The van der Waals surface area contributed by atoms with E-state index in [2.05, 4.69) is 0 Å². The highest BCUT2D eigenvalue weighted by molar-refractivity contribution is 6.30. The Morgan fingerprint density at radius 3 is 2.53 bits per heavy atom. The monoisotopic (exact) mass is 266 g/mol. The van der Waals surface area contributed by atoms with Crippen LogP contribution in [0.5, 0.6) is 0 Å². The van der Waals surface area contributed by atoms with Crippen LogP contribution < -0.4 is 0 Å². The first-order valence-corrected chi connectivity index (χ1v) is 6.19. The molecule has 1 aromatic carbocycles. The van der Waals surface area contributed by atoms with Gasteiger partial charge < -0.3 is 4.42 Å². The summed E-state index contributed by atoms with van der Waals surface area (Å²) in [4.78, 5) is 0. The van der Waals surface area contributed by atoms with Gasteiger partial charge in [0.05, 0.1) is 0 Å². The van der Waals surface area contributed by atoms with Crippen LogP contribution in [0, 0.1) is 0 Å². The summed E-state index contributed by atoms with van der Waals surface area (Å²) >= 11 is 11.6. The average molecular weight is 267 g/mol. The van der Waals surface area contributed by atoms with E-state index in [9.17, 15) is 0 Å². The third-order valence-corrected chi connectivity index (χ3v) is 3.03. The van der Waals surface area contributed by atoms with Crippen molar-refractivity contribution in [2.24, 2.45) is 0 Å². The van der Waals surface area contributed by atoms with E-state index in [1.807, 2.05) is 49.4 Å². The molecule has 1 aromatic heterocycles. The second kappa shape index (κ2) is 5.44. The Morgan fingerprint density at radius 2 is 1.88 bits per heavy atom. The number of benzene rings is 1. The van der Waals surface area contributed by atoms with Crippen LogP contribution in [0.3, 0.4) is 0 Å². The molecule has 0 saturated carbocycles. The zero-order chi connectivity index (χ0) is 12.3. The number of hydrogen-bond acceptors (Lipinski definition) is 1. The number of furan rings is 1. The quantitative estimate of drug-likeness (QED) is 0.693. The van der Waals surface area contributed by atoms with Gasteiger partial charge in [-0.05, 0) is 49.4 Å². The fourth-order valence-electron chi connectivity index (χ4n) is 1.48. The zero-order valence-electron chi connectivity index (χ0n) is 9.41. The lowest BCUT2D eigenvalue weighted by molar-refractivity contribution is 0.571. The molecule has 0 atom stereocenters. The van der Waals surface area contributed by atoms with Crippen molar-refractivity contribution in [2.45, 2.75) is 6.92 Å². The van der Waals surface area contributed by atoms with Gasteiger partial charge in [0.15, 0.2) is 0 Å². The first-order valence-electron chi connectivity index (χ1n) is 5.28. The normalized spacial score (nSPS) is 11.8. The number of rotatable bonds is 3. The Bertz CT molecular complexity index is 523. The standard InChI is InChI=1S/C14H12Cl2O/c1-10(9-15)8-13-6-7-14(17-13)11-2-4-12(16)5-3-11/h2-8H,9H2,1H3. The summed E-state index contributed by atoms with van der Waals surface area (Å²) in [6.45, 7) is 1.97. The van der Waals surface area contributed by atoms with Crippen LogP contribution in [0.15, 0.2) is 46.4 Å². The van der Waals surface area contributed by atoms with Crippen molar-refractivity contribution in [3.8, 4) is 11.3 Å². The third-order valence-electron chi connectivity index (χ3n) is 2.35. The molecule has 0 bridgehead atoms. The fraction of sp³-hybridized carbons (Fsp3) is 0.143. The Hall–Kier alpha value is -1.18. The lowest BCUT2D eigenvalue weighted by Crippen LogP contribution is -1.75. The molecule has 88 valence electrons. The molecular weight excluding hydrogens is 255 g/mol. The minimum atomic E-state index is 0.511. The smallest absolute Gasteiger partial charge is 0.134 e. The van der Waals surface area contributed by atoms with Crippen LogP contribution in [0.2, 0.25) is 5.02 Å². The maximum Gasteiger partial charge on any atom is 0.134 e. The predicted molar refractivity (Wildman–Crippen MR) is 73.5 cm³/mol. The van der Waals surface area contributed by atoms with Gasteiger partial charge in [-0.3, -0.25) is 0 Å². The van der Waals surface area contributed by atoms with E-state index in [1.54, 1.807) is 0 Å². The number of allylic oxidation sites excluding steroid dienone is 1. The van der Waals surface area contributed by atoms with E-state index in [0.29, 0.717) is 5.88 Å². The largest absolute Gasteiger partial charge is 0.457 e. The van der Waals surface area contributed by atoms with Crippen LogP contribution in [-0.2, 0) is 0 Å². The summed E-state index contributed by atoms with van der Waals surface area (Å²) in [5.41, 5.74) is 2.08. The van der Waals surface area contributed by atoms with Crippen molar-refractivity contribution in [2.75, 3.05) is 5.88 Å². The summed E-state index contributed by atoms with van der Waals surface area (Å²) in [5.74, 6) is 2.15. The van der Waals surface area contributed by atoms with Crippen molar-refractivity contribution >= 4 is 29.3 Å². The molecule has 0 aliphatic carbocycles. The Morgan fingerprint density at radius 1 is 1.18 bits per heavy atom. The highest BCUT2D eigenvalue weighted by atomic mass is 35.5. The number of halogens is 2. The minimum absolute atomic E-state index is 0.511. The Balaban J connectivity index is 2.27. The summed E-state index contributed by atoms with van der Waals surface area (Å²) in [6, 6.07) is 11.4. The average Bonchev–Trinajstić information content (AvgIpc) is 2.78. The number of hydrogen-bond donors (Lipinski definition) is 0. The van der Waals surface area contributed by atoms with E-state index in [4.69, 9.17) is 27.6 Å². The van der Waals surface area contributed by atoms with Crippen LogP contribution in [-0.4, -0.2) is 5.88 Å². The first-order chi connectivity index (χ1) is 8.19. The van der Waals surface area contributed by atoms with E-state index in [0.717, 1.165) is 27.7 Å². The van der Waals surface area contributed by atoms with Crippen molar-refractivity contribution in [3.05, 3.63) is 52.8 Å². The molecular formula is C14H12Cl2O. The number of alkyl halides is 1. The van der Waals surface area contributed by atoms with Gasteiger partial charge in [0.25, 0.3) is 0 Å². The summed E-state index contributed by atoms with van der Waals surface area (Å²) in [5, 5.41) is 0.721. The summed E-state index contributed by atoms with van der Waals surface area (Å²) < 4.78 is 5.70. The zero-order valence-corrected chi connectivity index (χ0v) is 10.9. The van der Waals surface area contributed by atoms with Crippen molar-refractivity contribution in [3.63, 3.8) is 0 Å². The summed E-state index contributed by atoms with van der Waals surface area (Å²) in [6.07, 6.45) is 1.94. The lowest BCUT2D eigenvalue weighted by Gasteiger charge is -1.96. The van der Waals surface area contributed by atoms with Crippen LogP contribution in [0.1, 0.15) is 12.7 Å². The first kappa shape index (κ1) is 12.3. The van der Waals surface area contributed by atoms with Crippen LogP contribution >= 0.6 is 23.2 Å². The molecule has 2 aromatic rings. The van der Waals surface area contributed by atoms with Crippen molar-refractivity contribution < 1.29 is 4.42 Å². The Labute approximate surface area is 111 Å². The molecule has 0 spiro atoms. The third kappa shape index (κ3) is 3.15. The molecule has 1 heterocycles. The lowest BCUT2D eigenvalue weighted by atomic mass is 10.2. The molecule has 0 N–H and O–H groups in total. The summed E-state index contributed by atoms with van der Waals surface area (Å²) in [7, 11) is 0. The molecule has 2 rings (SSSR count). The van der Waals surface area contributed by atoms with Gasteiger partial charge >= 0.3 is 0 Å². The van der Waals surface area contributed by atoms with Crippen LogP contribution in [0.4, 0.5) is 0 Å². The van der Waals surface area contributed by atoms with E-state index < -0.39 is 0 Å². The van der Waals surface area contributed by atoms with Gasteiger partial charge in [-0.25, -0.2) is 0 Å². The highest BCUT2D eigenvalue weighted by Crippen LogP contribution is 2.24. The van der Waals surface area contributed by atoms with Crippen LogP contribution in [0.25, 0.3) is 17.4 Å². The van der Waals surface area contributed by atoms with E-state index >= 15 is 0 Å². The predicted octanol–water partition coefficient (Wildman–Crippen LogP) is 5.24. The minimum Gasteiger partial charge on any atom is -0.457 e. The molecule has 0 aliphatic heterocycles. The fourth-order valence-corrected chi connectivity index (χ4v) is 1.68. The van der Waals surface area contributed by atoms with E-state index in [1.165, 1.54) is 0 Å². The maximum atomic E-state index is 5.84. The molecule has 0 aliphatic rings. The highest BCUT2D eigenvalue weighted by Gasteiger charge is 2.03. The molecule has 0 amide bonds.